The highest BCUT2D eigenvalue weighted by Crippen LogP contribution is 2.31. The molecule has 2 aromatic rings. The molecule has 7 nitrogen and oxygen atoms in total. The van der Waals surface area contributed by atoms with Gasteiger partial charge in [0.1, 0.15) is 10.2 Å². The monoisotopic (exact) mass is 411 g/mol. The number of methoxy groups -OCH3 is 2. The predicted octanol–water partition coefficient (Wildman–Crippen LogP) is 3.34. The van der Waals surface area contributed by atoms with Gasteiger partial charge in [-0.1, -0.05) is 13.0 Å². The van der Waals surface area contributed by atoms with Crippen molar-refractivity contribution in [3.63, 3.8) is 0 Å². The zero-order valence-corrected chi connectivity index (χ0v) is 16.3. The molecule has 1 aromatic carbocycles. The first kappa shape index (κ1) is 19.1. The summed E-state index contributed by atoms with van der Waals surface area (Å²) in [5, 5.41) is 9.63. The Balaban J connectivity index is 2.25. The summed E-state index contributed by atoms with van der Waals surface area (Å²) in [6.07, 6.45) is 0.806. The molecule has 0 amide bonds. The quantitative estimate of drug-likeness (QED) is 0.692. The Morgan fingerprint density at radius 3 is 2.64 bits per heavy atom. The van der Waals surface area contributed by atoms with Crippen LogP contribution in [0.4, 0.5) is 5.69 Å². The first-order valence-electron chi connectivity index (χ1n) is 7.89. The lowest BCUT2D eigenvalue weighted by atomic mass is 10.2. The number of anilines is 1. The van der Waals surface area contributed by atoms with E-state index in [0.29, 0.717) is 34.1 Å². The number of aromatic amines is 1. The Hall–Kier alpha value is -2.22. The summed E-state index contributed by atoms with van der Waals surface area (Å²) in [7, 11) is 3.18. The number of hydrogen-bond donors (Lipinski definition) is 2. The molecule has 0 aliphatic carbocycles. The summed E-state index contributed by atoms with van der Waals surface area (Å²) in [6.45, 7) is 4.42. The van der Waals surface area contributed by atoms with Crippen LogP contribution in [0.2, 0.25) is 0 Å². The Kier molecular flexibility index (Phi) is 6.69. The Bertz CT molecular complexity index is 779. The fourth-order valence-electron chi connectivity index (χ4n) is 2.11. The molecule has 0 saturated carbocycles. The number of nitrogens with zero attached hydrogens (tertiary/aromatic N) is 1. The van der Waals surface area contributed by atoms with E-state index in [2.05, 4.69) is 31.4 Å². The summed E-state index contributed by atoms with van der Waals surface area (Å²) in [5.41, 5.74) is 1.14. The third-order valence-corrected chi connectivity index (χ3v) is 4.45. The number of ether oxygens (including phenoxy) is 3. The number of aromatic nitrogens is 2. The fourth-order valence-corrected chi connectivity index (χ4v) is 2.51. The van der Waals surface area contributed by atoms with Crippen molar-refractivity contribution in [3.8, 4) is 17.4 Å². The van der Waals surface area contributed by atoms with Gasteiger partial charge in [0.25, 0.3) is 11.4 Å². The molecule has 25 heavy (non-hydrogen) atoms. The molecule has 0 saturated heterocycles. The topological polar surface area (TPSA) is 85.5 Å². The van der Waals surface area contributed by atoms with E-state index in [-0.39, 0.29) is 11.7 Å². The van der Waals surface area contributed by atoms with Crippen LogP contribution in [-0.4, -0.2) is 30.5 Å². The standard InChI is InChI=1S/C17H22BrN3O4/c1-5-10(2)25-17-15(14(18)16(22)20-21-17)19-9-11-6-7-12(23-3)13(8-11)24-4/h6-8,10H,5,9H2,1-4H3,(H2,19,20,22). The fraction of sp³-hybridized carbons (Fsp3) is 0.412. The van der Waals surface area contributed by atoms with Crippen LogP contribution < -0.4 is 25.1 Å². The number of benzene rings is 1. The molecule has 0 spiro atoms. The van der Waals surface area contributed by atoms with Gasteiger partial charge >= 0.3 is 0 Å². The average Bonchev–Trinajstić information content (AvgIpc) is 2.63. The van der Waals surface area contributed by atoms with Crippen LogP contribution in [0, 0.1) is 0 Å². The van der Waals surface area contributed by atoms with Crippen LogP contribution in [0.3, 0.4) is 0 Å². The minimum Gasteiger partial charge on any atom is -0.493 e. The molecular weight excluding hydrogens is 390 g/mol. The first-order chi connectivity index (χ1) is 12.0. The minimum absolute atomic E-state index is 0.0214. The second kappa shape index (κ2) is 8.75. The summed E-state index contributed by atoms with van der Waals surface area (Å²) in [4.78, 5) is 11.8. The number of nitrogens with one attached hydrogen (secondary N) is 2. The molecule has 0 radical (unpaired) electrons. The highest BCUT2D eigenvalue weighted by atomic mass is 79.9. The van der Waals surface area contributed by atoms with Crippen molar-refractivity contribution in [2.75, 3.05) is 19.5 Å². The summed E-state index contributed by atoms with van der Waals surface area (Å²) in [5.74, 6) is 1.65. The Morgan fingerprint density at radius 2 is 2.00 bits per heavy atom. The third kappa shape index (κ3) is 4.66. The molecule has 1 aromatic heterocycles. The van der Waals surface area contributed by atoms with E-state index in [4.69, 9.17) is 14.2 Å². The van der Waals surface area contributed by atoms with Gasteiger partial charge in [0.15, 0.2) is 11.5 Å². The first-order valence-corrected chi connectivity index (χ1v) is 8.69. The van der Waals surface area contributed by atoms with Crippen molar-refractivity contribution in [1.29, 1.82) is 0 Å². The normalized spacial score (nSPS) is 11.7. The Labute approximate surface area is 154 Å². The lowest BCUT2D eigenvalue weighted by Crippen LogP contribution is -2.18. The third-order valence-electron chi connectivity index (χ3n) is 3.70. The zero-order chi connectivity index (χ0) is 18.4. The molecule has 0 aliphatic rings. The molecule has 8 heteroatoms. The van der Waals surface area contributed by atoms with Gasteiger partial charge < -0.3 is 19.5 Å². The molecular formula is C17H22BrN3O4. The van der Waals surface area contributed by atoms with E-state index >= 15 is 0 Å². The number of rotatable bonds is 8. The summed E-state index contributed by atoms with van der Waals surface area (Å²) < 4.78 is 16.7. The van der Waals surface area contributed by atoms with E-state index in [1.54, 1.807) is 14.2 Å². The number of H-pyrrole nitrogens is 1. The van der Waals surface area contributed by atoms with Crippen molar-refractivity contribution < 1.29 is 14.2 Å². The molecule has 2 rings (SSSR count). The summed E-state index contributed by atoms with van der Waals surface area (Å²) in [6, 6.07) is 5.62. The number of halogens is 1. The van der Waals surface area contributed by atoms with E-state index in [1.807, 2.05) is 32.0 Å². The van der Waals surface area contributed by atoms with Crippen LogP contribution in [-0.2, 0) is 6.54 Å². The van der Waals surface area contributed by atoms with Crippen molar-refractivity contribution in [3.05, 3.63) is 38.6 Å². The second-order valence-corrected chi connectivity index (χ2v) is 6.22. The zero-order valence-electron chi connectivity index (χ0n) is 14.7. The van der Waals surface area contributed by atoms with Gasteiger partial charge in [-0.2, -0.15) is 0 Å². The number of hydrogen-bond acceptors (Lipinski definition) is 6. The maximum absolute atomic E-state index is 11.8. The molecule has 0 bridgehead atoms. The molecule has 0 fully saturated rings. The second-order valence-electron chi connectivity index (χ2n) is 5.43. The van der Waals surface area contributed by atoms with Gasteiger partial charge in [0.05, 0.1) is 20.3 Å². The van der Waals surface area contributed by atoms with Gasteiger partial charge in [-0.25, -0.2) is 5.10 Å². The van der Waals surface area contributed by atoms with Gasteiger partial charge in [-0.3, -0.25) is 4.79 Å². The molecule has 0 aliphatic heterocycles. The lowest BCUT2D eigenvalue weighted by Gasteiger charge is -2.17. The van der Waals surface area contributed by atoms with Crippen molar-refractivity contribution in [2.24, 2.45) is 0 Å². The predicted molar refractivity (Wildman–Crippen MR) is 99.8 cm³/mol. The molecule has 136 valence electrons. The van der Waals surface area contributed by atoms with Crippen LogP contribution in [0.1, 0.15) is 25.8 Å². The van der Waals surface area contributed by atoms with Crippen LogP contribution in [0.25, 0.3) is 0 Å². The molecule has 1 unspecified atom stereocenters. The van der Waals surface area contributed by atoms with E-state index < -0.39 is 0 Å². The van der Waals surface area contributed by atoms with Crippen molar-refractivity contribution in [2.45, 2.75) is 32.9 Å². The van der Waals surface area contributed by atoms with E-state index in [9.17, 15) is 4.79 Å². The van der Waals surface area contributed by atoms with Crippen molar-refractivity contribution >= 4 is 21.6 Å². The largest absolute Gasteiger partial charge is 0.493 e. The lowest BCUT2D eigenvalue weighted by molar-refractivity contribution is 0.207. The Morgan fingerprint density at radius 1 is 1.28 bits per heavy atom. The van der Waals surface area contributed by atoms with Crippen LogP contribution in [0.15, 0.2) is 27.5 Å². The SMILES string of the molecule is CCC(C)Oc1n[nH]c(=O)c(Br)c1NCc1ccc(OC)c(OC)c1. The highest BCUT2D eigenvalue weighted by molar-refractivity contribution is 9.10. The van der Waals surface area contributed by atoms with Crippen LogP contribution >= 0.6 is 15.9 Å². The average molecular weight is 412 g/mol. The molecule has 2 N–H and O–H groups in total. The van der Waals surface area contributed by atoms with Crippen molar-refractivity contribution in [1.82, 2.24) is 10.2 Å². The van der Waals surface area contributed by atoms with Gasteiger partial charge in [-0.05, 0) is 47.0 Å². The highest BCUT2D eigenvalue weighted by Gasteiger charge is 2.16. The smallest absolute Gasteiger partial charge is 0.280 e. The maximum Gasteiger partial charge on any atom is 0.280 e. The van der Waals surface area contributed by atoms with E-state index in [1.165, 1.54) is 0 Å². The van der Waals surface area contributed by atoms with Gasteiger partial charge in [-0.15, -0.1) is 5.10 Å². The van der Waals surface area contributed by atoms with Gasteiger partial charge in [0.2, 0.25) is 0 Å². The minimum atomic E-state index is -0.327. The van der Waals surface area contributed by atoms with Gasteiger partial charge in [0, 0.05) is 6.54 Å². The molecule has 1 heterocycles. The summed E-state index contributed by atoms with van der Waals surface area (Å²) >= 11 is 3.30. The maximum atomic E-state index is 11.8. The van der Waals surface area contributed by atoms with Crippen LogP contribution in [0.5, 0.6) is 17.4 Å². The van der Waals surface area contributed by atoms with E-state index in [0.717, 1.165) is 12.0 Å². The molecule has 1 atom stereocenters.